The first-order valence-electron chi connectivity index (χ1n) is 7.00. The third-order valence-corrected chi connectivity index (χ3v) is 3.18. The monoisotopic (exact) mass is 300 g/mol. The van der Waals surface area contributed by atoms with Gasteiger partial charge in [-0.05, 0) is 30.0 Å². The van der Waals surface area contributed by atoms with E-state index in [-0.39, 0.29) is 22.8 Å². The number of carbonyl (C=O) groups is 1. The second-order valence-electron chi connectivity index (χ2n) is 6.14. The second-order valence-corrected chi connectivity index (χ2v) is 6.14. The molecule has 22 heavy (non-hydrogen) atoms. The van der Waals surface area contributed by atoms with Crippen LogP contribution in [0.5, 0.6) is 0 Å². The number of aryl methyl sites for hydroxylation is 1. The molecule has 6 heteroatoms. The van der Waals surface area contributed by atoms with Crippen LogP contribution in [0.4, 0.5) is 5.95 Å². The van der Waals surface area contributed by atoms with Crippen LogP contribution >= 0.6 is 0 Å². The Morgan fingerprint density at radius 2 is 1.82 bits per heavy atom. The number of hydrogen-bond acceptors (Lipinski definition) is 4. The van der Waals surface area contributed by atoms with Gasteiger partial charge in [-0.15, -0.1) is 0 Å². The molecule has 0 aliphatic heterocycles. The molecule has 0 radical (unpaired) electrons. The molecule has 1 aromatic carbocycles. The maximum absolute atomic E-state index is 12.1. The van der Waals surface area contributed by atoms with E-state index in [1.54, 1.807) is 19.1 Å². The maximum atomic E-state index is 12.1. The summed E-state index contributed by atoms with van der Waals surface area (Å²) in [6.45, 7) is 8.05. The Bertz CT molecular complexity index is 727. The number of rotatable bonds is 3. The number of aromatic amines is 1. The Balaban J connectivity index is 2.04. The van der Waals surface area contributed by atoms with Crippen molar-refractivity contribution in [3.8, 4) is 0 Å². The molecule has 1 amide bonds. The molecule has 1 heterocycles. The van der Waals surface area contributed by atoms with Gasteiger partial charge in [0.2, 0.25) is 5.95 Å². The Hall–Kier alpha value is -2.63. The average Bonchev–Trinajstić information content (AvgIpc) is 2.43. The van der Waals surface area contributed by atoms with Crippen LogP contribution in [-0.2, 0) is 5.41 Å². The number of hydrazine groups is 1. The third-order valence-electron chi connectivity index (χ3n) is 3.18. The van der Waals surface area contributed by atoms with Crippen LogP contribution in [0.25, 0.3) is 0 Å². The van der Waals surface area contributed by atoms with Gasteiger partial charge in [0.1, 0.15) is 0 Å². The summed E-state index contributed by atoms with van der Waals surface area (Å²) >= 11 is 0. The molecule has 0 bridgehead atoms. The Kier molecular flexibility index (Phi) is 4.30. The fourth-order valence-corrected chi connectivity index (χ4v) is 1.95. The zero-order chi connectivity index (χ0) is 16.3. The average molecular weight is 300 g/mol. The Morgan fingerprint density at radius 3 is 2.36 bits per heavy atom. The lowest BCUT2D eigenvalue weighted by Crippen LogP contribution is -2.31. The summed E-state index contributed by atoms with van der Waals surface area (Å²) in [6.07, 6.45) is 0. The number of carbonyl (C=O) groups excluding carboxylic acids is 1. The van der Waals surface area contributed by atoms with Gasteiger partial charge in [-0.1, -0.05) is 32.9 Å². The molecular formula is C16H20N4O2. The van der Waals surface area contributed by atoms with E-state index in [4.69, 9.17) is 0 Å². The van der Waals surface area contributed by atoms with Gasteiger partial charge < -0.3 is 0 Å². The molecule has 2 rings (SSSR count). The molecule has 0 saturated carbocycles. The van der Waals surface area contributed by atoms with Gasteiger partial charge in [0.25, 0.3) is 11.5 Å². The highest BCUT2D eigenvalue weighted by atomic mass is 16.2. The molecule has 0 atom stereocenters. The van der Waals surface area contributed by atoms with Crippen molar-refractivity contribution >= 4 is 11.9 Å². The molecule has 0 fully saturated rings. The number of benzene rings is 1. The van der Waals surface area contributed by atoms with Gasteiger partial charge in [-0.2, -0.15) is 0 Å². The predicted molar refractivity (Wildman–Crippen MR) is 85.8 cm³/mol. The van der Waals surface area contributed by atoms with Crippen molar-refractivity contribution < 1.29 is 4.79 Å². The predicted octanol–water partition coefficient (Wildman–Crippen LogP) is 2.13. The summed E-state index contributed by atoms with van der Waals surface area (Å²) in [4.78, 5) is 29.9. The van der Waals surface area contributed by atoms with Gasteiger partial charge in [-0.3, -0.25) is 25.4 Å². The minimum absolute atomic E-state index is 0.0399. The summed E-state index contributed by atoms with van der Waals surface area (Å²) in [5.41, 5.74) is 7.11. The SMILES string of the molecule is Cc1cc(=O)[nH]c(NNC(=O)c2ccc(C(C)(C)C)cc2)n1. The molecule has 0 aliphatic carbocycles. The number of hydrogen-bond donors (Lipinski definition) is 3. The van der Waals surface area contributed by atoms with E-state index in [0.717, 1.165) is 5.56 Å². The molecule has 2 aromatic rings. The second kappa shape index (κ2) is 6.01. The number of nitrogens with one attached hydrogen (secondary N) is 3. The van der Waals surface area contributed by atoms with Gasteiger partial charge in [0.15, 0.2) is 0 Å². The molecule has 6 nitrogen and oxygen atoms in total. The molecule has 3 N–H and O–H groups in total. The van der Waals surface area contributed by atoms with Crippen molar-refractivity contribution in [1.29, 1.82) is 0 Å². The zero-order valence-electron chi connectivity index (χ0n) is 13.2. The van der Waals surface area contributed by atoms with Crippen LogP contribution in [0.2, 0.25) is 0 Å². The van der Waals surface area contributed by atoms with Crippen LogP contribution < -0.4 is 16.4 Å². The zero-order valence-corrected chi connectivity index (χ0v) is 13.2. The number of anilines is 1. The lowest BCUT2D eigenvalue weighted by molar-refractivity contribution is 0.0962. The van der Waals surface area contributed by atoms with Crippen molar-refractivity contribution in [2.45, 2.75) is 33.1 Å². The highest BCUT2D eigenvalue weighted by Crippen LogP contribution is 2.22. The van der Waals surface area contributed by atoms with Crippen molar-refractivity contribution in [2.24, 2.45) is 0 Å². The summed E-state index contributed by atoms with van der Waals surface area (Å²) in [6, 6.07) is 8.77. The fourth-order valence-electron chi connectivity index (χ4n) is 1.95. The van der Waals surface area contributed by atoms with E-state index in [1.807, 2.05) is 12.1 Å². The summed E-state index contributed by atoms with van der Waals surface area (Å²) in [5, 5.41) is 0. The number of nitrogens with zero attached hydrogens (tertiary/aromatic N) is 1. The van der Waals surface area contributed by atoms with Crippen LogP contribution in [0.1, 0.15) is 42.4 Å². The molecule has 0 spiro atoms. The summed E-state index contributed by atoms with van der Waals surface area (Å²) in [7, 11) is 0. The van der Waals surface area contributed by atoms with Crippen molar-refractivity contribution in [2.75, 3.05) is 5.43 Å². The van der Waals surface area contributed by atoms with E-state index in [2.05, 4.69) is 41.6 Å². The van der Waals surface area contributed by atoms with Crippen LogP contribution in [-0.4, -0.2) is 15.9 Å². The maximum Gasteiger partial charge on any atom is 0.269 e. The van der Waals surface area contributed by atoms with Crippen LogP contribution in [0, 0.1) is 6.92 Å². The van der Waals surface area contributed by atoms with Crippen molar-refractivity contribution in [1.82, 2.24) is 15.4 Å². The van der Waals surface area contributed by atoms with Gasteiger partial charge in [-0.25, -0.2) is 4.98 Å². The fraction of sp³-hybridized carbons (Fsp3) is 0.312. The van der Waals surface area contributed by atoms with Crippen molar-refractivity contribution in [3.05, 3.63) is 57.5 Å². The number of aromatic nitrogens is 2. The number of H-pyrrole nitrogens is 1. The molecule has 0 aliphatic rings. The Morgan fingerprint density at radius 1 is 1.18 bits per heavy atom. The van der Waals surface area contributed by atoms with E-state index in [0.29, 0.717) is 11.3 Å². The van der Waals surface area contributed by atoms with Gasteiger partial charge in [0, 0.05) is 17.3 Å². The van der Waals surface area contributed by atoms with Crippen molar-refractivity contribution in [3.63, 3.8) is 0 Å². The van der Waals surface area contributed by atoms with E-state index < -0.39 is 0 Å². The minimum atomic E-state index is -0.301. The first-order valence-corrected chi connectivity index (χ1v) is 7.00. The summed E-state index contributed by atoms with van der Waals surface area (Å²) < 4.78 is 0. The topological polar surface area (TPSA) is 86.9 Å². The lowest BCUT2D eigenvalue weighted by Gasteiger charge is -2.19. The third kappa shape index (κ3) is 3.94. The first-order chi connectivity index (χ1) is 10.3. The van der Waals surface area contributed by atoms with E-state index in [9.17, 15) is 9.59 Å². The molecular weight excluding hydrogens is 280 g/mol. The first kappa shape index (κ1) is 15.8. The lowest BCUT2D eigenvalue weighted by atomic mass is 9.87. The minimum Gasteiger partial charge on any atom is -0.291 e. The quantitative estimate of drug-likeness (QED) is 0.758. The molecule has 0 unspecified atom stereocenters. The largest absolute Gasteiger partial charge is 0.291 e. The molecule has 1 aromatic heterocycles. The van der Waals surface area contributed by atoms with Crippen LogP contribution in [0.15, 0.2) is 35.1 Å². The highest BCUT2D eigenvalue weighted by molar-refractivity contribution is 5.94. The van der Waals surface area contributed by atoms with Crippen LogP contribution in [0.3, 0.4) is 0 Å². The summed E-state index contributed by atoms with van der Waals surface area (Å²) in [5.74, 6) is -0.103. The normalized spacial score (nSPS) is 11.1. The standard InChI is InChI=1S/C16H20N4O2/c1-10-9-13(21)18-15(17-10)20-19-14(22)11-5-7-12(8-6-11)16(2,3)4/h5-9H,1-4H3,(H,19,22)(H2,17,18,20,21). The highest BCUT2D eigenvalue weighted by Gasteiger charge is 2.14. The van der Waals surface area contributed by atoms with E-state index in [1.165, 1.54) is 6.07 Å². The number of amides is 1. The van der Waals surface area contributed by atoms with E-state index >= 15 is 0 Å². The Labute approximate surface area is 129 Å². The van der Waals surface area contributed by atoms with Gasteiger partial charge >= 0.3 is 0 Å². The smallest absolute Gasteiger partial charge is 0.269 e. The molecule has 116 valence electrons. The molecule has 0 saturated heterocycles. The van der Waals surface area contributed by atoms with Gasteiger partial charge in [0.05, 0.1) is 0 Å².